The molecular formula is C10H17O2PS. The number of hydrogen-bond donors (Lipinski definition) is 0. The van der Waals surface area contributed by atoms with Crippen molar-refractivity contribution in [3.05, 3.63) is 22.4 Å². The molecule has 0 aliphatic carbocycles. The van der Waals surface area contributed by atoms with Crippen LogP contribution in [0.15, 0.2) is 17.5 Å². The molecule has 0 saturated carbocycles. The highest BCUT2D eigenvalue weighted by Crippen LogP contribution is 2.51. The maximum Gasteiger partial charge on any atom is 0.208 e. The van der Waals surface area contributed by atoms with E-state index in [9.17, 15) is 4.57 Å². The van der Waals surface area contributed by atoms with Crippen LogP contribution in [0.3, 0.4) is 0 Å². The van der Waals surface area contributed by atoms with E-state index in [1.54, 1.807) is 11.3 Å². The van der Waals surface area contributed by atoms with Crippen molar-refractivity contribution in [2.75, 3.05) is 12.8 Å². The molecule has 0 spiro atoms. The van der Waals surface area contributed by atoms with E-state index in [1.807, 2.05) is 31.4 Å². The standard InChI is InChI=1S/C10H17O2PS/c1-3-7-13(11,12-4-2)9-10-6-5-8-14-10/h5-6,8H,3-4,7,9H2,1-2H3. The predicted octanol–water partition coefficient (Wildman–Crippen LogP) is 3.97. The summed E-state index contributed by atoms with van der Waals surface area (Å²) < 4.78 is 17.7. The average Bonchev–Trinajstić information content (AvgIpc) is 2.57. The van der Waals surface area contributed by atoms with Crippen LogP contribution in [0.5, 0.6) is 0 Å². The average molecular weight is 232 g/mol. The van der Waals surface area contributed by atoms with Gasteiger partial charge in [-0.05, 0) is 24.8 Å². The first-order valence-electron chi connectivity index (χ1n) is 4.95. The van der Waals surface area contributed by atoms with Gasteiger partial charge in [0.2, 0.25) is 7.37 Å². The topological polar surface area (TPSA) is 26.3 Å². The van der Waals surface area contributed by atoms with Gasteiger partial charge in [0.15, 0.2) is 0 Å². The lowest BCUT2D eigenvalue weighted by atomic mass is 10.5. The first-order valence-corrected chi connectivity index (χ1v) is 7.82. The number of rotatable bonds is 6. The zero-order valence-electron chi connectivity index (χ0n) is 8.73. The van der Waals surface area contributed by atoms with Gasteiger partial charge < -0.3 is 4.52 Å². The molecular weight excluding hydrogens is 215 g/mol. The second-order valence-corrected chi connectivity index (χ2v) is 6.88. The van der Waals surface area contributed by atoms with Crippen LogP contribution >= 0.6 is 18.7 Å². The molecule has 0 amide bonds. The van der Waals surface area contributed by atoms with Crippen LogP contribution in [-0.2, 0) is 15.3 Å². The maximum atomic E-state index is 12.3. The van der Waals surface area contributed by atoms with Gasteiger partial charge >= 0.3 is 0 Å². The highest BCUT2D eigenvalue weighted by molar-refractivity contribution is 7.58. The van der Waals surface area contributed by atoms with E-state index in [-0.39, 0.29) is 0 Å². The van der Waals surface area contributed by atoms with Gasteiger partial charge in [-0.15, -0.1) is 11.3 Å². The van der Waals surface area contributed by atoms with Crippen molar-refractivity contribution in [3.8, 4) is 0 Å². The molecule has 0 aliphatic heterocycles. The molecule has 1 unspecified atom stereocenters. The van der Waals surface area contributed by atoms with Gasteiger partial charge in [-0.1, -0.05) is 13.0 Å². The van der Waals surface area contributed by atoms with Crippen molar-refractivity contribution >= 4 is 18.7 Å². The van der Waals surface area contributed by atoms with E-state index >= 15 is 0 Å². The van der Waals surface area contributed by atoms with E-state index in [4.69, 9.17) is 4.52 Å². The quantitative estimate of drug-likeness (QED) is 0.693. The molecule has 1 rings (SSSR count). The molecule has 1 aromatic rings. The summed E-state index contributed by atoms with van der Waals surface area (Å²) in [6, 6.07) is 4.01. The molecule has 1 heterocycles. The summed E-state index contributed by atoms with van der Waals surface area (Å²) in [6.07, 6.45) is 2.22. The molecule has 0 fully saturated rings. The van der Waals surface area contributed by atoms with Gasteiger partial charge in [0, 0.05) is 11.0 Å². The molecule has 0 N–H and O–H groups in total. The summed E-state index contributed by atoms with van der Waals surface area (Å²) in [5, 5.41) is 2.01. The summed E-state index contributed by atoms with van der Waals surface area (Å²) in [5.41, 5.74) is 0. The largest absolute Gasteiger partial charge is 0.328 e. The fourth-order valence-corrected chi connectivity index (χ4v) is 4.89. The van der Waals surface area contributed by atoms with Crippen LogP contribution in [0.2, 0.25) is 0 Å². The second kappa shape index (κ2) is 5.69. The van der Waals surface area contributed by atoms with Gasteiger partial charge in [-0.25, -0.2) is 0 Å². The van der Waals surface area contributed by atoms with Crippen LogP contribution < -0.4 is 0 Å². The highest BCUT2D eigenvalue weighted by Gasteiger charge is 2.22. The summed E-state index contributed by atoms with van der Waals surface area (Å²) >= 11 is 1.65. The highest BCUT2D eigenvalue weighted by atomic mass is 32.1. The summed E-state index contributed by atoms with van der Waals surface area (Å²) in [7, 11) is -2.40. The molecule has 0 saturated heterocycles. The Morgan fingerprint density at radius 2 is 2.29 bits per heavy atom. The van der Waals surface area contributed by atoms with Crippen LogP contribution in [-0.4, -0.2) is 12.8 Å². The minimum Gasteiger partial charge on any atom is -0.328 e. The lowest BCUT2D eigenvalue weighted by Gasteiger charge is -2.15. The zero-order chi connectivity index (χ0) is 10.4. The lowest BCUT2D eigenvalue weighted by molar-refractivity contribution is 0.332. The van der Waals surface area contributed by atoms with Gasteiger partial charge in [-0.2, -0.15) is 0 Å². The first-order chi connectivity index (χ1) is 6.70. The van der Waals surface area contributed by atoms with Crippen LogP contribution in [0, 0.1) is 0 Å². The third kappa shape index (κ3) is 3.56. The van der Waals surface area contributed by atoms with Gasteiger partial charge in [0.05, 0.1) is 12.8 Å². The van der Waals surface area contributed by atoms with Crippen molar-refractivity contribution in [1.29, 1.82) is 0 Å². The first kappa shape index (κ1) is 12.0. The minimum absolute atomic E-state index is 0.544. The van der Waals surface area contributed by atoms with Crippen molar-refractivity contribution in [1.82, 2.24) is 0 Å². The molecule has 80 valence electrons. The van der Waals surface area contributed by atoms with Crippen LogP contribution in [0.4, 0.5) is 0 Å². The van der Waals surface area contributed by atoms with Crippen molar-refractivity contribution in [2.24, 2.45) is 0 Å². The monoisotopic (exact) mass is 232 g/mol. The summed E-state index contributed by atoms with van der Waals surface area (Å²) in [4.78, 5) is 1.16. The van der Waals surface area contributed by atoms with Gasteiger partial charge in [0.1, 0.15) is 0 Å². The van der Waals surface area contributed by atoms with Crippen molar-refractivity contribution in [2.45, 2.75) is 26.4 Å². The maximum absolute atomic E-state index is 12.3. The van der Waals surface area contributed by atoms with Crippen molar-refractivity contribution < 1.29 is 9.09 Å². The summed E-state index contributed by atoms with van der Waals surface area (Å²) in [5.74, 6) is 0. The number of hydrogen-bond acceptors (Lipinski definition) is 3. The molecule has 0 aliphatic rings. The molecule has 14 heavy (non-hydrogen) atoms. The Morgan fingerprint density at radius 1 is 1.50 bits per heavy atom. The van der Waals surface area contributed by atoms with E-state index in [2.05, 4.69) is 0 Å². The molecule has 2 nitrogen and oxygen atoms in total. The molecule has 0 aromatic carbocycles. The lowest BCUT2D eigenvalue weighted by Crippen LogP contribution is -1.97. The molecule has 0 radical (unpaired) electrons. The fourth-order valence-electron chi connectivity index (χ4n) is 1.41. The smallest absolute Gasteiger partial charge is 0.208 e. The van der Waals surface area contributed by atoms with Gasteiger partial charge in [-0.3, -0.25) is 4.57 Å². The van der Waals surface area contributed by atoms with Crippen LogP contribution in [0.25, 0.3) is 0 Å². The molecule has 4 heteroatoms. The van der Waals surface area contributed by atoms with E-state index in [0.717, 1.165) is 11.3 Å². The van der Waals surface area contributed by atoms with E-state index in [0.29, 0.717) is 18.9 Å². The Labute approximate surface area is 89.8 Å². The van der Waals surface area contributed by atoms with Gasteiger partial charge in [0.25, 0.3) is 0 Å². The SMILES string of the molecule is CCCP(=O)(Cc1cccs1)OCC. The minimum atomic E-state index is -2.40. The Balaban J connectivity index is 2.64. The second-order valence-electron chi connectivity index (χ2n) is 3.19. The predicted molar refractivity (Wildman–Crippen MR) is 62.4 cm³/mol. The molecule has 0 bridgehead atoms. The molecule has 1 aromatic heterocycles. The summed E-state index contributed by atoms with van der Waals surface area (Å²) in [6.45, 7) is 4.49. The van der Waals surface area contributed by atoms with Crippen LogP contribution in [0.1, 0.15) is 25.1 Å². The Kier molecular flexibility index (Phi) is 4.86. The Bertz CT molecular complexity index is 285. The zero-order valence-corrected chi connectivity index (χ0v) is 10.4. The Hall–Kier alpha value is -0.110. The normalized spacial score (nSPS) is 15.3. The molecule has 1 atom stereocenters. The third-order valence-corrected chi connectivity index (χ3v) is 5.68. The fraction of sp³-hybridized carbons (Fsp3) is 0.600. The Morgan fingerprint density at radius 3 is 2.79 bits per heavy atom. The van der Waals surface area contributed by atoms with E-state index < -0.39 is 7.37 Å². The third-order valence-electron chi connectivity index (χ3n) is 1.91. The van der Waals surface area contributed by atoms with Crippen molar-refractivity contribution in [3.63, 3.8) is 0 Å². The number of thiophene rings is 1. The van der Waals surface area contributed by atoms with E-state index in [1.165, 1.54) is 0 Å².